The number of fused-ring (bicyclic) bond motifs is 5. The molecule has 0 aliphatic heterocycles. The SMILES string of the molecule is CN(C)CCOc1cc2[nH]nc(NS(=O)(=O)N(C)C)c2c2c3c(c(-c4cn[nH]c4C(F)(F)F)nc12)CCCC3. The molecule has 0 bridgehead atoms. The topological polar surface area (TPSA) is 132 Å². The minimum Gasteiger partial charge on any atom is -0.490 e. The standard InChI is InChI=1S/C24H29F3N8O3S/c1-34(2)9-10-38-17-11-16-19(23(32-30-16)33-39(36,37)35(3)4)18-13-7-5-6-8-14(13)20(29-21(17)18)15-12-28-31-22(15)24(25,26)27/h11-12H,5-10H2,1-4H3,(H,28,31)(H2,30,32,33). The minimum atomic E-state index is -4.65. The van der Waals surface area contributed by atoms with Gasteiger partial charge in [-0.25, -0.2) is 4.98 Å². The highest BCUT2D eigenvalue weighted by Gasteiger charge is 2.38. The van der Waals surface area contributed by atoms with Gasteiger partial charge in [0.15, 0.2) is 5.82 Å². The van der Waals surface area contributed by atoms with Crippen molar-refractivity contribution < 1.29 is 26.3 Å². The highest BCUT2D eigenvalue weighted by Crippen LogP contribution is 2.45. The second-order valence-electron chi connectivity index (χ2n) is 9.92. The van der Waals surface area contributed by atoms with E-state index in [9.17, 15) is 21.6 Å². The number of nitrogens with one attached hydrogen (secondary N) is 3. The molecular weight excluding hydrogens is 537 g/mol. The van der Waals surface area contributed by atoms with Crippen LogP contribution in [0.5, 0.6) is 5.75 Å². The van der Waals surface area contributed by atoms with Crippen molar-refractivity contribution in [3.05, 3.63) is 29.1 Å². The van der Waals surface area contributed by atoms with E-state index in [1.165, 1.54) is 14.1 Å². The number of pyridine rings is 1. The summed E-state index contributed by atoms with van der Waals surface area (Å²) in [6.07, 6.45) is -0.832. The second kappa shape index (κ2) is 9.95. The number of alkyl halides is 3. The molecule has 0 saturated heterocycles. The molecule has 0 spiro atoms. The van der Waals surface area contributed by atoms with Crippen LogP contribution in [0.2, 0.25) is 0 Å². The molecule has 39 heavy (non-hydrogen) atoms. The third kappa shape index (κ3) is 5.01. The number of benzene rings is 1. The summed E-state index contributed by atoms with van der Waals surface area (Å²) in [4.78, 5) is 6.71. The zero-order valence-electron chi connectivity index (χ0n) is 21.9. The number of hydrogen-bond acceptors (Lipinski definition) is 7. The molecule has 0 amide bonds. The van der Waals surface area contributed by atoms with Gasteiger partial charge in [-0.15, -0.1) is 0 Å². The Morgan fingerprint density at radius 3 is 2.46 bits per heavy atom. The van der Waals surface area contributed by atoms with Gasteiger partial charge < -0.3 is 9.64 Å². The zero-order valence-corrected chi connectivity index (χ0v) is 22.7. The van der Waals surface area contributed by atoms with Crippen LogP contribution >= 0.6 is 0 Å². The van der Waals surface area contributed by atoms with Crippen molar-refractivity contribution in [2.45, 2.75) is 31.9 Å². The quantitative estimate of drug-likeness (QED) is 0.297. The molecule has 5 rings (SSSR count). The maximum atomic E-state index is 13.9. The molecule has 1 aliphatic carbocycles. The number of halogens is 3. The van der Waals surface area contributed by atoms with E-state index in [2.05, 4.69) is 25.1 Å². The number of anilines is 1. The fourth-order valence-corrected chi connectivity index (χ4v) is 5.40. The lowest BCUT2D eigenvalue weighted by Gasteiger charge is -2.23. The Bertz CT molecular complexity index is 1640. The first-order chi connectivity index (χ1) is 18.4. The van der Waals surface area contributed by atoms with Gasteiger partial charge in [-0.2, -0.15) is 36.1 Å². The number of H-pyrrole nitrogens is 2. The number of aromatic nitrogens is 5. The summed E-state index contributed by atoms with van der Waals surface area (Å²) >= 11 is 0. The maximum Gasteiger partial charge on any atom is 0.433 e. The molecule has 0 fully saturated rings. The number of nitrogens with zero attached hydrogens (tertiary/aromatic N) is 5. The average Bonchev–Trinajstić information content (AvgIpc) is 3.50. The van der Waals surface area contributed by atoms with Crippen LogP contribution in [0.4, 0.5) is 19.0 Å². The predicted molar refractivity (Wildman–Crippen MR) is 141 cm³/mol. The number of ether oxygens (including phenoxy) is 1. The van der Waals surface area contributed by atoms with Crippen LogP contribution in [-0.4, -0.2) is 84.3 Å². The van der Waals surface area contributed by atoms with Crippen LogP contribution in [0.15, 0.2) is 12.3 Å². The van der Waals surface area contributed by atoms with E-state index in [0.717, 1.165) is 28.9 Å². The van der Waals surface area contributed by atoms with Crippen LogP contribution < -0.4 is 9.46 Å². The average molecular weight is 567 g/mol. The molecule has 11 nitrogen and oxygen atoms in total. The van der Waals surface area contributed by atoms with E-state index in [-0.39, 0.29) is 17.1 Å². The van der Waals surface area contributed by atoms with Crippen molar-refractivity contribution in [1.29, 1.82) is 0 Å². The minimum absolute atomic E-state index is 0.0742. The van der Waals surface area contributed by atoms with Gasteiger partial charge in [0.2, 0.25) is 0 Å². The summed E-state index contributed by atoms with van der Waals surface area (Å²) < 4.78 is 76.6. The van der Waals surface area contributed by atoms with Crippen LogP contribution in [0.3, 0.4) is 0 Å². The van der Waals surface area contributed by atoms with Gasteiger partial charge in [-0.1, -0.05) is 0 Å². The molecule has 4 aromatic rings. The molecule has 0 saturated carbocycles. The molecule has 3 heterocycles. The van der Waals surface area contributed by atoms with Crippen LogP contribution in [0, 0.1) is 0 Å². The second-order valence-corrected chi connectivity index (χ2v) is 11.8. The maximum absolute atomic E-state index is 13.9. The molecular formula is C24H29F3N8O3S. The number of aromatic amines is 2. The van der Waals surface area contributed by atoms with Crippen LogP contribution in [-0.2, 0) is 29.2 Å². The summed E-state index contributed by atoms with van der Waals surface area (Å²) in [6, 6.07) is 1.65. The smallest absolute Gasteiger partial charge is 0.433 e. The fraction of sp³-hybridized carbons (Fsp3) is 0.458. The van der Waals surface area contributed by atoms with E-state index in [1.54, 1.807) is 6.07 Å². The van der Waals surface area contributed by atoms with Crippen molar-refractivity contribution in [3.63, 3.8) is 0 Å². The first-order valence-electron chi connectivity index (χ1n) is 12.3. The summed E-state index contributed by atoms with van der Waals surface area (Å²) in [5.41, 5.74) is 1.40. The van der Waals surface area contributed by atoms with Gasteiger partial charge in [-0.05, 0) is 50.9 Å². The van der Waals surface area contributed by atoms with Gasteiger partial charge >= 0.3 is 16.4 Å². The lowest BCUT2D eigenvalue weighted by atomic mass is 9.85. The number of aryl methyl sites for hydroxylation is 1. The Hall–Kier alpha value is -3.43. The van der Waals surface area contributed by atoms with Crippen molar-refractivity contribution in [3.8, 4) is 17.0 Å². The highest BCUT2D eigenvalue weighted by atomic mass is 32.2. The highest BCUT2D eigenvalue weighted by molar-refractivity contribution is 7.90. The van der Waals surface area contributed by atoms with E-state index in [1.807, 2.05) is 19.0 Å². The van der Waals surface area contributed by atoms with Crippen molar-refractivity contribution >= 4 is 37.8 Å². The molecule has 1 aliphatic rings. The molecule has 1 aromatic carbocycles. The summed E-state index contributed by atoms with van der Waals surface area (Å²) in [6.45, 7) is 0.892. The third-order valence-electron chi connectivity index (χ3n) is 6.75. The van der Waals surface area contributed by atoms with Crippen LogP contribution in [0.25, 0.3) is 33.1 Å². The first kappa shape index (κ1) is 27.1. The summed E-state index contributed by atoms with van der Waals surface area (Å²) in [7, 11) is 2.68. The van der Waals surface area contributed by atoms with E-state index >= 15 is 0 Å². The lowest BCUT2D eigenvalue weighted by Crippen LogP contribution is -2.29. The predicted octanol–water partition coefficient (Wildman–Crippen LogP) is 3.56. The molecule has 3 N–H and O–H groups in total. The molecule has 0 atom stereocenters. The Labute approximate surface area is 222 Å². The van der Waals surface area contributed by atoms with E-state index in [0.29, 0.717) is 59.1 Å². The van der Waals surface area contributed by atoms with E-state index < -0.39 is 22.1 Å². The number of rotatable bonds is 8. The lowest BCUT2D eigenvalue weighted by molar-refractivity contribution is -0.140. The van der Waals surface area contributed by atoms with Crippen LogP contribution in [0.1, 0.15) is 29.7 Å². The number of hydrogen-bond donors (Lipinski definition) is 3. The molecule has 3 aromatic heterocycles. The van der Waals surface area contributed by atoms with Gasteiger partial charge in [0.05, 0.1) is 28.4 Å². The number of likely N-dealkylation sites (N-methyl/N-ethyl adjacent to an activating group) is 1. The molecule has 0 radical (unpaired) electrons. The fourth-order valence-electron chi connectivity index (χ4n) is 4.82. The van der Waals surface area contributed by atoms with Gasteiger partial charge in [0, 0.05) is 32.1 Å². The largest absolute Gasteiger partial charge is 0.490 e. The third-order valence-corrected chi connectivity index (χ3v) is 8.16. The summed E-state index contributed by atoms with van der Waals surface area (Å²) in [5, 5.41) is 14.0. The Morgan fingerprint density at radius 2 is 1.79 bits per heavy atom. The van der Waals surface area contributed by atoms with Crippen molar-refractivity contribution in [1.82, 2.24) is 34.6 Å². The summed E-state index contributed by atoms with van der Waals surface area (Å²) in [5.74, 6) is 0.432. The monoisotopic (exact) mass is 566 g/mol. The van der Waals surface area contributed by atoms with Gasteiger partial charge in [-0.3, -0.25) is 14.9 Å². The first-order valence-corrected chi connectivity index (χ1v) is 13.8. The normalized spacial score (nSPS) is 14.5. The Kier molecular flexibility index (Phi) is 6.93. The molecule has 0 unspecified atom stereocenters. The Morgan fingerprint density at radius 1 is 1.08 bits per heavy atom. The van der Waals surface area contributed by atoms with Gasteiger partial charge in [0.1, 0.15) is 23.6 Å². The molecule has 15 heteroatoms. The molecule has 210 valence electrons. The zero-order chi connectivity index (χ0) is 28.1. The Balaban J connectivity index is 1.83. The van der Waals surface area contributed by atoms with Crippen molar-refractivity contribution in [2.24, 2.45) is 0 Å². The van der Waals surface area contributed by atoms with E-state index in [4.69, 9.17) is 9.72 Å². The van der Waals surface area contributed by atoms with Gasteiger partial charge in [0.25, 0.3) is 0 Å². The van der Waals surface area contributed by atoms with Crippen molar-refractivity contribution in [2.75, 3.05) is 46.1 Å².